The lowest BCUT2D eigenvalue weighted by atomic mass is 9.81. The Balaban J connectivity index is 1.66. The predicted octanol–water partition coefficient (Wildman–Crippen LogP) is 9.60. The second-order valence-corrected chi connectivity index (χ2v) is 19.0. The third-order valence-corrected chi connectivity index (χ3v) is 12.5. The van der Waals surface area contributed by atoms with Gasteiger partial charge < -0.3 is 4.90 Å². The number of unbranched alkanes of at least 4 members (excludes halogenated alkanes) is 8. The van der Waals surface area contributed by atoms with Gasteiger partial charge in [0, 0.05) is 60.0 Å². The minimum Gasteiger partial charge on any atom is -0.344 e. The molecule has 2 aliphatic rings. The van der Waals surface area contributed by atoms with Crippen molar-refractivity contribution in [2.45, 2.75) is 126 Å². The maximum Gasteiger partial charge on any atom is 0.209 e. The summed E-state index contributed by atoms with van der Waals surface area (Å²) in [5, 5.41) is 0. The van der Waals surface area contributed by atoms with Gasteiger partial charge in [0.25, 0.3) is 0 Å². The first-order valence-corrected chi connectivity index (χ1v) is 22.0. The van der Waals surface area contributed by atoms with E-state index < -0.39 is 19.7 Å². The number of benzene rings is 2. The van der Waals surface area contributed by atoms with Crippen LogP contribution in [0.5, 0.6) is 0 Å². The van der Waals surface area contributed by atoms with Crippen LogP contribution >= 0.6 is 0 Å². The number of fused-ring (bicyclic) bond motifs is 2. The topological polar surface area (TPSA) is 74.5 Å². The molecular weight excluding hydrogens is 649 g/mol. The molecule has 2 aromatic carbocycles. The van der Waals surface area contributed by atoms with Gasteiger partial charge in [-0.2, -0.15) is 4.58 Å². The average Bonchev–Trinajstić information content (AvgIpc) is 3.37. The molecule has 0 aromatic heterocycles. The maximum absolute atomic E-state index is 12.5. The quantitative estimate of drug-likeness (QED) is 0.0930. The molecule has 0 radical (unpaired) electrons. The Bertz CT molecular complexity index is 1840. The molecule has 0 spiro atoms. The van der Waals surface area contributed by atoms with E-state index in [-0.39, 0.29) is 10.8 Å². The molecule has 0 amide bonds. The van der Waals surface area contributed by atoms with Crippen LogP contribution in [0.1, 0.15) is 117 Å². The third-order valence-electron chi connectivity index (χ3n) is 10.3. The van der Waals surface area contributed by atoms with Crippen LogP contribution in [-0.4, -0.2) is 52.7 Å². The molecule has 49 heavy (non-hydrogen) atoms. The molecule has 2 aromatic rings. The van der Waals surface area contributed by atoms with Gasteiger partial charge in [-0.15, -0.1) is 0 Å². The lowest BCUT2D eigenvalue weighted by Crippen LogP contribution is -2.28. The zero-order valence-electron chi connectivity index (χ0n) is 31.2. The van der Waals surface area contributed by atoms with Crippen LogP contribution in [0.2, 0.25) is 0 Å². The molecule has 0 atom stereocenters. The summed E-state index contributed by atoms with van der Waals surface area (Å²) in [6, 6.07) is 11.2. The molecule has 4 rings (SSSR count). The zero-order chi connectivity index (χ0) is 36.0. The highest BCUT2D eigenvalue weighted by molar-refractivity contribution is 7.91. The molecule has 0 N–H and O–H groups in total. The number of nitrogens with zero attached hydrogens (tertiary/aromatic N) is 2. The minimum atomic E-state index is -3.32. The molecule has 0 saturated carbocycles. The van der Waals surface area contributed by atoms with E-state index in [0.717, 1.165) is 59.8 Å². The SMILES string of the molecule is CCCCCCCN1C(=CC=CC=CC2=[N+](CCCCCCC)c3ccc(S(C)(=O)=O)cc3C2(C)C)C(C)(C)c2cc(S(C)(=O)=O)ccc21. The Kier molecular flexibility index (Phi) is 12.6. The standard InChI is InChI=1S/C41H59N2O4S2/c1-9-11-13-15-20-28-42-36-26-24-32(48(7,44)45)30-34(36)40(3,4)38(42)22-18-17-19-23-39-41(5,6)35-31-33(49(8,46)47)25-27-37(35)43(39)29-21-16-14-12-10-2/h17-19,22-27,30-31H,9-16,20-21,28-29H2,1-8H3/q+1. The summed E-state index contributed by atoms with van der Waals surface area (Å²) in [5.74, 6) is 0. The first-order valence-electron chi connectivity index (χ1n) is 18.2. The van der Waals surface area contributed by atoms with Crippen LogP contribution in [0.3, 0.4) is 0 Å². The van der Waals surface area contributed by atoms with Gasteiger partial charge in [-0.3, -0.25) is 0 Å². The second kappa shape index (κ2) is 15.9. The Morgan fingerprint density at radius 2 is 1.24 bits per heavy atom. The van der Waals surface area contributed by atoms with Gasteiger partial charge in [0.1, 0.15) is 6.54 Å². The van der Waals surface area contributed by atoms with E-state index in [1.54, 1.807) is 12.1 Å². The Morgan fingerprint density at radius 3 is 1.86 bits per heavy atom. The lowest BCUT2D eigenvalue weighted by molar-refractivity contribution is -0.438. The molecule has 0 unspecified atom stereocenters. The highest BCUT2D eigenvalue weighted by Crippen LogP contribution is 2.48. The molecule has 2 aliphatic heterocycles. The summed E-state index contributed by atoms with van der Waals surface area (Å²) >= 11 is 0. The number of hydrogen-bond donors (Lipinski definition) is 0. The number of anilines is 1. The van der Waals surface area contributed by atoms with Gasteiger partial charge >= 0.3 is 0 Å². The van der Waals surface area contributed by atoms with Crippen LogP contribution in [0, 0.1) is 0 Å². The summed E-state index contributed by atoms with van der Waals surface area (Å²) in [7, 11) is -6.64. The van der Waals surface area contributed by atoms with Crippen molar-refractivity contribution in [3.63, 3.8) is 0 Å². The zero-order valence-corrected chi connectivity index (χ0v) is 32.8. The highest BCUT2D eigenvalue weighted by atomic mass is 32.2. The third kappa shape index (κ3) is 8.86. The number of hydrogen-bond acceptors (Lipinski definition) is 5. The molecule has 0 aliphatic carbocycles. The van der Waals surface area contributed by atoms with Crippen LogP contribution in [-0.2, 0) is 30.5 Å². The van der Waals surface area contributed by atoms with Crippen LogP contribution in [0.25, 0.3) is 0 Å². The van der Waals surface area contributed by atoms with E-state index in [1.165, 1.54) is 63.9 Å². The van der Waals surface area contributed by atoms with Crippen LogP contribution in [0.15, 0.2) is 82.3 Å². The Hall–Kier alpha value is -2.97. The summed E-state index contributed by atoms with van der Waals surface area (Å²) in [6.45, 7) is 15.0. The van der Waals surface area contributed by atoms with Crippen molar-refractivity contribution < 1.29 is 21.4 Å². The molecular formula is C41H59N2O4S2+. The fourth-order valence-electron chi connectivity index (χ4n) is 7.36. The molecule has 8 heteroatoms. The summed E-state index contributed by atoms with van der Waals surface area (Å²) in [4.78, 5) is 3.10. The molecule has 0 bridgehead atoms. The van der Waals surface area contributed by atoms with Crippen molar-refractivity contribution in [3.05, 3.63) is 83.6 Å². The average molecular weight is 708 g/mol. The Morgan fingerprint density at radius 1 is 0.673 bits per heavy atom. The fraction of sp³-hybridized carbons (Fsp3) is 0.537. The number of allylic oxidation sites excluding steroid dienone is 6. The summed E-state index contributed by atoms with van der Waals surface area (Å²) < 4.78 is 52.2. The van der Waals surface area contributed by atoms with Gasteiger partial charge in [0.2, 0.25) is 5.69 Å². The maximum atomic E-state index is 12.5. The monoisotopic (exact) mass is 707 g/mol. The predicted molar refractivity (Wildman–Crippen MR) is 206 cm³/mol. The van der Waals surface area contributed by atoms with E-state index >= 15 is 0 Å². The van der Waals surface area contributed by atoms with Crippen molar-refractivity contribution in [3.8, 4) is 0 Å². The van der Waals surface area contributed by atoms with Gasteiger partial charge in [-0.05, 0) is 68.7 Å². The van der Waals surface area contributed by atoms with Gasteiger partial charge in [0.05, 0.1) is 15.2 Å². The Labute approximate surface area is 297 Å². The molecule has 2 heterocycles. The molecule has 6 nitrogen and oxygen atoms in total. The molecule has 0 fully saturated rings. The minimum absolute atomic E-state index is 0.358. The van der Waals surface area contributed by atoms with Crippen LogP contribution in [0.4, 0.5) is 11.4 Å². The van der Waals surface area contributed by atoms with Gasteiger partial charge in [-0.25, -0.2) is 16.8 Å². The van der Waals surface area contributed by atoms with E-state index in [1.807, 2.05) is 24.3 Å². The second-order valence-electron chi connectivity index (χ2n) is 15.0. The lowest BCUT2D eigenvalue weighted by Gasteiger charge is -2.27. The first-order chi connectivity index (χ1) is 23.0. The van der Waals surface area contributed by atoms with Crippen molar-refractivity contribution in [1.29, 1.82) is 0 Å². The van der Waals surface area contributed by atoms with E-state index in [2.05, 4.69) is 81.4 Å². The van der Waals surface area contributed by atoms with Crippen molar-refractivity contribution in [2.75, 3.05) is 30.5 Å². The molecule has 268 valence electrons. The van der Waals surface area contributed by atoms with Crippen molar-refractivity contribution >= 4 is 36.8 Å². The van der Waals surface area contributed by atoms with Gasteiger partial charge in [-0.1, -0.05) is 90.9 Å². The van der Waals surface area contributed by atoms with Crippen molar-refractivity contribution in [1.82, 2.24) is 0 Å². The number of rotatable bonds is 17. The van der Waals surface area contributed by atoms with E-state index in [9.17, 15) is 16.8 Å². The normalized spacial score (nSPS) is 18.0. The number of sulfone groups is 2. The first kappa shape index (κ1) is 38.8. The van der Waals surface area contributed by atoms with E-state index in [0.29, 0.717) is 9.79 Å². The largest absolute Gasteiger partial charge is 0.344 e. The smallest absolute Gasteiger partial charge is 0.209 e. The van der Waals surface area contributed by atoms with E-state index in [4.69, 9.17) is 0 Å². The summed E-state index contributed by atoms with van der Waals surface area (Å²) in [5.41, 5.74) is 5.88. The van der Waals surface area contributed by atoms with Gasteiger partial charge in [0.15, 0.2) is 25.4 Å². The molecule has 0 saturated heterocycles. The van der Waals surface area contributed by atoms with Crippen molar-refractivity contribution in [2.24, 2.45) is 0 Å². The summed E-state index contributed by atoms with van der Waals surface area (Å²) in [6.07, 6.45) is 25.0. The highest BCUT2D eigenvalue weighted by Gasteiger charge is 2.45. The van der Waals surface area contributed by atoms with Crippen LogP contribution < -0.4 is 4.90 Å². The fourth-order valence-corrected chi connectivity index (χ4v) is 8.65.